The first-order chi connectivity index (χ1) is 9.60. The SMILES string of the molecule is CCOC(=O)c1cccc(NC(=O)C2CC(O)CN2)c1. The van der Waals surface area contributed by atoms with Crippen LogP contribution >= 0.6 is 0 Å². The Morgan fingerprint density at radius 1 is 1.50 bits per heavy atom. The summed E-state index contributed by atoms with van der Waals surface area (Å²) in [7, 11) is 0. The molecule has 108 valence electrons. The van der Waals surface area contributed by atoms with Gasteiger partial charge in [0.25, 0.3) is 0 Å². The van der Waals surface area contributed by atoms with E-state index in [1.807, 2.05) is 0 Å². The van der Waals surface area contributed by atoms with Crippen molar-refractivity contribution in [1.82, 2.24) is 5.32 Å². The highest BCUT2D eigenvalue weighted by Gasteiger charge is 2.28. The molecule has 20 heavy (non-hydrogen) atoms. The molecule has 1 heterocycles. The van der Waals surface area contributed by atoms with Crippen LogP contribution in [0, 0.1) is 0 Å². The Morgan fingerprint density at radius 2 is 2.30 bits per heavy atom. The van der Waals surface area contributed by atoms with Crippen LogP contribution in [-0.2, 0) is 9.53 Å². The number of anilines is 1. The maximum absolute atomic E-state index is 12.0. The summed E-state index contributed by atoms with van der Waals surface area (Å²) in [6, 6.07) is 6.17. The van der Waals surface area contributed by atoms with Gasteiger partial charge in [-0.15, -0.1) is 0 Å². The molecule has 2 atom stereocenters. The molecule has 1 amide bonds. The lowest BCUT2D eigenvalue weighted by Gasteiger charge is -2.11. The van der Waals surface area contributed by atoms with E-state index in [2.05, 4.69) is 10.6 Å². The van der Waals surface area contributed by atoms with Gasteiger partial charge in [0.2, 0.25) is 5.91 Å². The Morgan fingerprint density at radius 3 is 2.95 bits per heavy atom. The number of esters is 1. The van der Waals surface area contributed by atoms with Gasteiger partial charge in [-0.1, -0.05) is 6.07 Å². The number of aliphatic hydroxyl groups excluding tert-OH is 1. The number of β-amino-alcohol motifs (C(OH)–C–C–N with tert-alkyl or cyclic N) is 1. The van der Waals surface area contributed by atoms with E-state index in [9.17, 15) is 14.7 Å². The molecule has 1 aromatic carbocycles. The number of carbonyl (C=O) groups is 2. The fourth-order valence-electron chi connectivity index (χ4n) is 2.08. The molecule has 1 aromatic rings. The number of carbonyl (C=O) groups excluding carboxylic acids is 2. The average Bonchev–Trinajstić information content (AvgIpc) is 2.86. The highest BCUT2D eigenvalue weighted by Crippen LogP contribution is 2.14. The summed E-state index contributed by atoms with van der Waals surface area (Å²) >= 11 is 0. The second kappa shape index (κ2) is 6.49. The number of nitrogens with one attached hydrogen (secondary N) is 2. The van der Waals surface area contributed by atoms with Crippen LogP contribution in [0.1, 0.15) is 23.7 Å². The van der Waals surface area contributed by atoms with Gasteiger partial charge >= 0.3 is 5.97 Å². The minimum absolute atomic E-state index is 0.220. The van der Waals surface area contributed by atoms with Crippen molar-refractivity contribution in [2.45, 2.75) is 25.5 Å². The van der Waals surface area contributed by atoms with E-state index >= 15 is 0 Å². The van der Waals surface area contributed by atoms with E-state index in [0.29, 0.717) is 30.8 Å². The monoisotopic (exact) mass is 278 g/mol. The van der Waals surface area contributed by atoms with Gasteiger partial charge in [-0.3, -0.25) is 4.79 Å². The van der Waals surface area contributed by atoms with Crippen molar-refractivity contribution in [3.63, 3.8) is 0 Å². The number of hydrogen-bond donors (Lipinski definition) is 3. The van der Waals surface area contributed by atoms with Crippen LogP contribution in [0.15, 0.2) is 24.3 Å². The summed E-state index contributed by atoms with van der Waals surface area (Å²) in [6.45, 7) is 2.46. The van der Waals surface area contributed by atoms with E-state index in [4.69, 9.17) is 4.74 Å². The minimum atomic E-state index is -0.489. The van der Waals surface area contributed by atoms with E-state index in [-0.39, 0.29) is 5.91 Å². The van der Waals surface area contributed by atoms with Crippen molar-refractivity contribution in [2.75, 3.05) is 18.5 Å². The van der Waals surface area contributed by atoms with E-state index in [1.54, 1.807) is 31.2 Å². The number of amides is 1. The minimum Gasteiger partial charge on any atom is -0.462 e. The maximum atomic E-state index is 12.0. The molecule has 6 heteroatoms. The van der Waals surface area contributed by atoms with Gasteiger partial charge in [0.1, 0.15) is 0 Å². The summed E-state index contributed by atoms with van der Waals surface area (Å²) in [5, 5.41) is 15.0. The van der Waals surface area contributed by atoms with Crippen molar-refractivity contribution in [3.05, 3.63) is 29.8 Å². The Balaban J connectivity index is 2.00. The van der Waals surface area contributed by atoms with Crippen LogP contribution in [0.3, 0.4) is 0 Å². The van der Waals surface area contributed by atoms with Gasteiger partial charge in [0.15, 0.2) is 0 Å². The van der Waals surface area contributed by atoms with Gasteiger partial charge in [-0.2, -0.15) is 0 Å². The molecule has 0 spiro atoms. The first-order valence-electron chi connectivity index (χ1n) is 6.59. The van der Waals surface area contributed by atoms with Crippen LogP contribution in [-0.4, -0.2) is 42.3 Å². The molecule has 0 aliphatic carbocycles. The summed E-state index contributed by atoms with van der Waals surface area (Å²) in [5.41, 5.74) is 0.924. The van der Waals surface area contributed by atoms with Crippen molar-refractivity contribution in [2.24, 2.45) is 0 Å². The summed E-state index contributed by atoms with van der Waals surface area (Å²) < 4.78 is 4.90. The van der Waals surface area contributed by atoms with E-state index in [1.165, 1.54) is 0 Å². The van der Waals surface area contributed by atoms with Gasteiger partial charge in [-0.05, 0) is 31.5 Å². The third-order valence-corrected chi connectivity index (χ3v) is 3.07. The van der Waals surface area contributed by atoms with Crippen LogP contribution in [0.2, 0.25) is 0 Å². The predicted molar refractivity (Wildman–Crippen MR) is 73.4 cm³/mol. The van der Waals surface area contributed by atoms with Crippen LogP contribution in [0.5, 0.6) is 0 Å². The molecule has 0 radical (unpaired) electrons. The quantitative estimate of drug-likeness (QED) is 0.699. The lowest BCUT2D eigenvalue weighted by Crippen LogP contribution is -2.35. The molecule has 1 aliphatic heterocycles. The third-order valence-electron chi connectivity index (χ3n) is 3.07. The van der Waals surface area contributed by atoms with Gasteiger partial charge in [0, 0.05) is 12.2 Å². The summed E-state index contributed by atoms with van der Waals surface area (Å²) in [6.07, 6.45) is -0.0970. The Hall–Kier alpha value is -1.92. The third kappa shape index (κ3) is 3.55. The molecule has 2 unspecified atom stereocenters. The molecule has 1 saturated heterocycles. The molecule has 1 fully saturated rings. The van der Waals surface area contributed by atoms with Crippen molar-refractivity contribution >= 4 is 17.6 Å². The molecule has 3 N–H and O–H groups in total. The zero-order valence-electron chi connectivity index (χ0n) is 11.3. The number of ether oxygens (including phenoxy) is 1. The number of benzene rings is 1. The molecule has 1 aliphatic rings. The van der Waals surface area contributed by atoms with Gasteiger partial charge in [0.05, 0.1) is 24.3 Å². The lowest BCUT2D eigenvalue weighted by molar-refractivity contribution is -0.117. The zero-order chi connectivity index (χ0) is 14.5. The molecule has 0 aromatic heterocycles. The highest BCUT2D eigenvalue weighted by molar-refractivity contribution is 5.97. The summed E-state index contributed by atoms with van der Waals surface area (Å²) in [4.78, 5) is 23.6. The van der Waals surface area contributed by atoms with Crippen LogP contribution in [0.4, 0.5) is 5.69 Å². The Labute approximate surface area is 117 Å². The molecule has 6 nitrogen and oxygen atoms in total. The van der Waals surface area contributed by atoms with Crippen LogP contribution in [0.25, 0.3) is 0 Å². The summed E-state index contributed by atoms with van der Waals surface area (Å²) in [5.74, 6) is -0.638. The van der Waals surface area contributed by atoms with Crippen molar-refractivity contribution < 1.29 is 19.4 Å². The van der Waals surface area contributed by atoms with Crippen LogP contribution < -0.4 is 10.6 Å². The fourth-order valence-corrected chi connectivity index (χ4v) is 2.08. The van der Waals surface area contributed by atoms with Gasteiger partial charge < -0.3 is 20.5 Å². The van der Waals surface area contributed by atoms with Crippen molar-refractivity contribution in [1.29, 1.82) is 0 Å². The second-order valence-corrected chi connectivity index (χ2v) is 4.64. The molecule has 0 bridgehead atoms. The van der Waals surface area contributed by atoms with E-state index in [0.717, 1.165) is 0 Å². The smallest absolute Gasteiger partial charge is 0.338 e. The molecular formula is C14H18N2O4. The maximum Gasteiger partial charge on any atom is 0.338 e. The lowest BCUT2D eigenvalue weighted by atomic mass is 10.1. The molecule has 2 rings (SSSR count). The topological polar surface area (TPSA) is 87.7 Å². The number of hydrogen-bond acceptors (Lipinski definition) is 5. The largest absolute Gasteiger partial charge is 0.462 e. The first kappa shape index (κ1) is 14.5. The number of rotatable bonds is 4. The van der Waals surface area contributed by atoms with E-state index < -0.39 is 18.1 Å². The first-order valence-corrected chi connectivity index (χ1v) is 6.59. The predicted octanol–water partition coefficient (Wildman–Crippen LogP) is 0.525. The fraction of sp³-hybridized carbons (Fsp3) is 0.429. The molecular weight excluding hydrogens is 260 g/mol. The highest BCUT2D eigenvalue weighted by atomic mass is 16.5. The normalized spacial score (nSPS) is 21.5. The zero-order valence-corrected chi connectivity index (χ0v) is 11.3. The number of aliphatic hydroxyl groups is 1. The standard InChI is InChI=1S/C14H18N2O4/c1-2-20-14(19)9-4-3-5-10(6-9)16-13(18)12-7-11(17)8-15-12/h3-6,11-12,15,17H,2,7-8H2,1H3,(H,16,18). The van der Waals surface area contributed by atoms with Crippen molar-refractivity contribution in [3.8, 4) is 0 Å². The Bertz CT molecular complexity index is 504. The van der Waals surface area contributed by atoms with Gasteiger partial charge in [-0.25, -0.2) is 4.79 Å². The second-order valence-electron chi connectivity index (χ2n) is 4.64. The Kier molecular flexibility index (Phi) is 4.70. The average molecular weight is 278 g/mol. The molecule has 0 saturated carbocycles.